The number of benzene rings is 1. The van der Waals surface area contributed by atoms with E-state index in [1.165, 1.54) is 13.3 Å². The van der Waals surface area contributed by atoms with Crippen LogP contribution in [0.15, 0.2) is 23.3 Å². The van der Waals surface area contributed by atoms with E-state index in [9.17, 15) is 4.79 Å². The van der Waals surface area contributed by atoms with Gasteiger partial charge in [-0.2, -0.15) is 5.10 Å². The van der Waals surface area contributed by atoms with Crippen molar-refractivity contribution >= 4 is 12.2 Å². The standard InChI is InChI=1S/C11H14N2O3/c1-3-11(14)16-9-5-4-8(7-13-12)6-10(9)15-2/h4-7H,3,12H2,1-2H3. The van der Waals surface area contributed by atoms with Gasteiger partial charge in [0.15, 0.2) is 11.5 Å². The SMILES string of the molecule is CCC(=O)Oc1ccc(C=NN)cc1OC. The van der Waals surface area contributed by atoms with Crippen molar-refractivity contribution in [2.24, 2.45) is 10.9 Å². The summed E-state index contributed by atoms with van der Waals surface area (Å²) < 4.78 is 10.2. The van der Waals surface area contributed by atoms with E-state index in [1.54, 1.807) is 25.1 Å². The number of hydrogen-bond donors (Lipinski definition) is 1. The minimum atomic E-state index is -0.307. The van der Waals surface area contributed by atoms with Crippen LogP contribution in [0.2, 0.25) is 0 Å². The third-order valence-corrected chi connectivity index (χ3v) is 1.92. The fraction of sp³-hybridized carbons (Fsp3) is 0.273. The zero-order valence-electron chi connectivity index (χ0n) is 9.27. The molecule has 0 heterocycles. The number of rotatable bonds is 4. The summed E-state index contributed by atoms with van der Waals surface area (Å²) in [5.41, 5.74) is 0.774. The van der Waals surface area contributed by atoms with Gasteiger partial charge in [-0.3, -0.25) is 4.79 Å². The van der Waals surface area contributed by atoms with Crippen LogP contribution in [0.5, 0.6) is 11.5 Å². The molecule has 1 aromatic rings. The lowest BCUT2D eigenvalue weighted by molar-refractivity contribution is -0.134. The van der Waals surface area contributed by atoms with Gasteiger partial charge in [0, 0.05) is 6.42 Å². The Bertz CT molecular complexity index is 402. The molecular formula is C11H14N2O3. The number of nitrogens with two attached hydrogens (primary N) is 1. The summed E-state index contributed by atoms with van der Waals surface area (Å²) >= 11 is 0. The number of esters is 1. The molecule has 0 fully saturated rings. The molecule has 0 aromatic heterocycles. The van der Waals surface area contributed by atoms with Gasteiger partial charge >= 0.3 is 5.97 Å². The van der Waals surface area contributed by atoms with Crippen LogP contribution >= 0.6 is 0 Å². The zero-order chi connectivity index (χ0) is 12.0. The first-order chi connectivity index (χ1) is 7.71. The fourth-order valence-electron chi connectivity index (χ4n) is 1.13. The van der Waals surface area contributed by atoms with E-state index in [1.807, 2.05) is 0 Å². The zero-order valence-corrected chi connectivity index (χ0v) is 9.27. The van der Waals surface area contributed by atoms with E-state index in [2.05, 4.69) is 5.10 Å². The molecule has 0 unspecified atom stereocenters. The molecule has 2 N–H and O–H groups in total. The van der Waals surface area contributed by atoms with Crippen LogP contribution in [0.4, 0.5) is 0 Å². The molecule has 0 radical (unpaired) electrons. The van der Waals surface area contributed by atoms with Gasteiger partial charge in [-0.05, 0) is 23.8 Å². The maximum absolute atomic E-state index is 11.1. The van der Waals surface area contributed by atoms with E-state index in [0.717, 1.165) is 5.56 Å². The highest BCUT2D eigenvalue weighted by atomic mass is 16.6. The van der Waals surface area contributed by atoms with Gasteiger partial charge in [-0.1, -0.05) is 6.92 Å². The molecule has 0 aliphatic carbocycles. The van der Waals surface area contributed by atoms with Gasteiger partial charge in [0.25, 0.3) is 0 Å². The molecule has 5 heteroatoms. The van der Waals surface area contributed by atoms with Crippen molar-refractivity contribution in [3.8, 4) is 11.5 Å². The minimum Gasteiger partial charge on any atom is -0.493 e. The van der Waals surface area contributed by atoms with Crippen molar-refractivity contribution < 1.29 is 14.3 Å². The number of methoxy groups -OCH3 is 1. The molecule has 0 bridgehead atoms. The van der Waals surface area contributed by atoms with Crippen LogP contribution in [0, 0.1) is 0 Å². The number of hydrogen-bond acceptors (Lipinski definition) is 5. The second-order valence-corrected chi connectivity index (χ2v) is 3.02. The van der Waals surface area contributed by atoms with Crippen LogP contribution < -0.4 is 15.3 Å². The predicted molar refractivity (Wildman–Crippen MR) is 60.7 cm³/mol. The lowest BCUT2D eigenvalue weighted by atomic mass is 10.2. The van der Waals surface area contributed by atoms with E-state index in [-0.39, 0.29) is 5.97 Å². The molecule has 0 aliphatic rings. The summed E-state index contributed by atoms with van der Waals surface area (Å²) in [7, 11) is 1.50. The monoisotopic (exact) mass is 222 g/mol. The summed E-state index contributed by atoms with van der Waals surface area (Å²) in [6.45, 7) is 1.73. The first kappa shape index (κ1) is 12.0. The molecule has 0 atom stereocenters. The quantitative estimate of drug-likeness (QED) is 0.274. The molecule has 5 nitrogen and oxygen atoms in total. The first-order valence-corrected chi connectivity index (χ1v) is 4.83. The Morgan fingerprint density at radius 3 is 2.81 bits per heavy atom. The highest BCUT2D eigenvalue weighted by Gasteiger charge is 2.08. The van der Waals surface area contributed by atoms with E-state index < -0.39 is 0 Å². The van der Waals surface area contributed by atoms with Crippen LogP contribution in [0.1, 0.15) is 18.9 Å². The Labute approximate surface area is 93.9 Å². The van der Waals surface area contributed by atoms with Gasteiger partial charge in [-0.25, -0.2) is 0 Å². The van der Waals surface area contributed by atoms with Crippen molar-refractivity contribution in [2.75, 3.05) is 7.11 Å². The van der Waals surface area contributed by atoms with E-state index in [4.69, 9.17) is 15.3 Å². The maximum Gasteiger partial charge on any atom is 0.311 e. The average molecular weight is 222 g/mol. The molecule has 16 heavy (non-hydrogen) atoms. The summed E-state index contributed by atoms with van der Waals surface area (Å²) in [5, 5.41) is 3.40. The Hall–Kier alpha value is -2.04. The van der Waals surface area contributed by atoms with Crippen LogP contribution in [0.3, 0.4) is 0 Å². The summed E-state index contributed by atoms with van der Waals surface area (Å²) in [6, 6.07) is 5.06. The van der Waals surface area contributed by atoms with Crippen LogP contribution in [-0.4, -0.2) is 19.3 Å². The fourth-order valence-corrected chi connectivity index (χ4v) is 1.13. The summed E-state index contributed by atoms with van der Waals surface area (Å²) in [4.78, 5) is 11.1. The van der Waals surface area contributed by atoms with E-state index >= 15 is 0 Å². The highest BCUT2D eigenvalue weighted by molar-refractivity contribution is 5.81. The Morgan fingerprint density at radius 2 is 2.25 bits per heavy atom. The number of carbonyl (C=O) groups is 1. The second kappa shape index (κ2) is 5.75. The second-order valence-electron chi connectivity index (χ2n) is 3.02. The number of carbonyl (C=O) groups excluding carboxylic acids is 1. The molecule has 0 saturated heterocycles. The van der Waals surface area contributed by atoms with E-state index in [0.29, 0.717) is 17.9 Å². The van der Waals surface area contributed by atoms with Crippen LogP contribution in [0.25, 0.3) is 0 Å². The van der Waals surface area contributed by atoms with Gasteiger partial charge in [0.2, 0.25) is 0 Å². The third-order valence-electron chi connectivity index (χ3n) is 1.92. The molecule has 1 aromatic carbocycles. The maximum atomic E-state index is 11.1. The molecule has 0 amide bonds. The molecule has 1 rings (SSSR count). The lowest BCUT2D eigenvalue weighted by Gasteiger charge is -2.08. The van der Waals surface area contributed by atoms with Gasteiger partial charge in [0.1, 0.15) is 0 Å². The summed E-state index contributed by atoms with van der Waals surface area (Å²) in [5.74, 6) is 5.59. The Morgan fingerprint density at radius 1 is 1.50 bits per heavy atom. The van der Waals surface area contributed by atoms with Crippen molar-refractivity contribution in [3.05, 3.63) is 23.8 Å². The average Bonchev–Trinajstić information content (AvgIpc) is 2.31. The Balaban J connectivity index is 2.97. The largest absolute Gasteiger partial charge is 0.493 e. The number of hydrazone groups is 1. The molecule has 86 valence electrons. The molecule has 0 spiro atoms. The van der Waals surface area contributed by atoms with Gasteiger partial charge in [0.05, 0.1) is 13.3 Å². The number of ether oxygens (including phenoxy) is 2. The van der Waals surface area contributed by atoms with Crippen molar-refractivity contribution in [2.45, 2.75) is 13.3 Å². The third kappa shape index (κ3) is 2.98. The van der Waals surface area contributed by atoms with Crippen molar-refractivity contribution in [1.82, 2.24) is 0 Å². The molecule has 0 aliphatic heterocycles. The smallest absolute Gasteiger partial charge is 0.311 e. The van der Waals surface area contributed by atoms with Crippen LogP contribution in [-0.2, 0) is 4.79 Å². The lowest BCUT2D eigenvalue weighted by Crippen LogP contribution is -2.06. The molecular weight excluding hydrogens is 208 g/mol. The summed E-state index contributed by atoms with van der Waals surface area (Å²) in [6.07, 6.45) is 1.79. The topological polar surface area (TPSA) is 73.9 Å². The number of nitrogens with zero attached hydrogens (tertiary/aromatic N) is 1. The normalized spacial score (nSPS) is 10.4. The highest BCUT2D eigenvalue weighted by Crippen LogP contribution is 2.27. The van der Waals surface area contributed by atoms with Crippen molar-refractivity contribution in [1.29, 1.82) is 0 Å². The van der Waals surface area contributed by atoms with Crippen molar-refractivity contribution in [3.63, 3.8) is 0 Å². The predicted octanol–water partition coefficient (Wildman–Crippen LogP) is 1.30. The Kier molecular flexibility index (Phi) is 4.32. The minimum absolute atomic E-state index is 0.307. The van der Waals surface area contributed by atoms with Gasteiger partial charge in [-0.15, -0.1) is 0 Å². The molecule has 0 saturated carbocycles. The van der Waals surface area contributed by atoms with Gasteiger partial charge < -0.3 is 15.3 Å². The first-order valence-electron chi connectivity index (χ1n) is 4.83.